The highest BCUT2D eigenvalue weighted by molar-refractivity contribution is 6.09. The molecule has 0 atom stereocenters. The van der Waals surface area contributed by atoms with E-state index < -0.39 is 17.8 Å². The summed E-state index contributed by atoms with van der Waals surface area (Å²) in [5.74, 6) is -2.07. The average molecular weight is 432 g/mol. The van der Waals surface area contributed by atoms with Crippen molar-refractivity contribution in [3.05, 3.63) is 95.1 Å². The molecule has 0 aromatic heterocycles. The minimum atomic E-state index is -0.671. The summed E-state index contributed by atoms with van der Waals surface area (Å²) < 4.78 is 9.42. The normalized spacial score (nSPS) is 10.1. The van der Waals surface area contributed by atoms with Gasteiger partial charge in [-0.15, -0.1) is 0 Å². The Morgan fingerprint density at radius 1 is 0.625 bits per heavy atom. The summed E-state index contributed by atoms with van der Waals surface area (Å²) in [6, 6.07) is 19.1. The zero-order valence-electron chi connectivity index (χ0n) is 17.4. The maximum atomic E-state index is 12.7. The van der Waals surface area contributed by atoms with Crippen molar-refractivity contribution in [1.29, 1.82) is 0 Å². The number of esters is 2. The molecule has 0 spiro atoms. The van der Waals surface area contributed by atoms with Crippen LogP contribution in [0.3, 0.4) is 0 Å². The maximum absolute atomic E-state index is 12.7. The highest BCUT2D eigenvalue weighted by atomic mass is 16.5. The maximum Gasteiger partial charge on any atom is 0.339 e. The lowest BCUT2D eigenvalue weighted by molar-refractivity contribution is 0.0587. The molecule has 3 aromatic carbocycles. The number of methoxy groups -OCH3 is 2. The van der Waals surface area contributed by atoms with E-state index in [4.69, 9.17) is 4.74 Å². The molecule has 0 unspecified atom stereocenters. The van der Waals surface area contributed by atoms with Gasteiger partial charge in [-0.1, -0.05) is 18.2 Å². The third-order valence-electron chi connectivity index (χ3n) is 4.54. The van der Waals surface area contributed by atoms with E-state index >= 15 is 0 Å². The van der Waals surface area contributed by atoms with Gasteiger partial charge in [-0.3, -0.25) is 9.59 Å². The van der Waals surface area contributed by atoms with Crippen LogP contribution in [0.15, 0.2) is 72.8 Å². The van der Waals surface area contributed by atoms with Crippen LogP contribution in [0, 0.1) is 0 Å². The second kappa shape index (κ2) is 10.0. The molecule has 0 saturated heterocycles. The number of benzene rings is 3. The lowest BCUT2D eigenvalue weighted by Gasteiger charge is -2.12. The molecule has 0 fully saturated rings. The third-order valence-corrected chi connectivity index (χ3v) is 4.54. The quantitative estimate of drug-likeness (QED) is 0.574. The van der Waals surface area contributed by atoms with Crippen molar-refractivity contribution < 1.29 is 28.7 Å². The summed E-state index contributed by atoms with van der Waals surface area (Å²) in [6.45, 7) is 0. The van der Waals surface area contributed by atoms with Crippen molar-refractivity contribution in [3.63, 3.8) is 0 Å². The Morgan fingerprint density at radius 3 is 1.81 bits per heavy atom. The Hall–Kier alpha value is -4.46. The first-order valence-electron chi connectivity index (χ1n) is 9.51. The standard InChI is InChI=1S/C24H20N2O6/c1-31-23(29)17-10-13-19(24(30)32-2)20(14-17)26-22(28)16-8-11-18(12-9-16)25-21(27)15-6-4-3-5-7-15/h3-14H,1-2H3,(H,25,27)(H,26,28). The highest BCUT2D eigenvalue weighted by Crippen LogP contribution is 2.21. The molecule has 0 saturated carbocycles. The van der Waals surface area contributed by atoms with Gasteiger partial charge in [-0.05, 0) is 54.6 Å². The van der Waals surface area contributed by atoms with E-state index in [1.807, 2.05) is 6.07 Å². The van der Waals surface area contributed by atoms with Crippen molar-refractivity contribution in [2.24, 2.45) is 0 Å². The predicted octanol–water partition coefficient (Wildman–Crippen LogP) is 3.76. The third kappa shape index (κ3) is 5.17. The van der Waals surface area contributed by atoms with Crippen LogP contribution in [0.25, 0.3) is 0 Å². The molecule has 2 amide bonds. The summed E-state index contributed by atoms with van der Waals surface area (Å²) in [5.41, 5.74) is 1.65. The van der Waals surface area contributed by atoms with E-state index in [0.717, 1.165) is 0 Å². The molecule has 0 radical (unpaired) electrons. The molecule has 0 heterocycles. The van der Waals surface area contributed by atoms with Crippen LogP contribution in [0.5, 0.6) is 0 Å². The van der Waals surface area contributed by atoms with E-state index in [1.165, 1.54) is 44.6 Å². The van der Waals surface area contributed by atoms with Crippen LogP contribution in [-0.4, -0.2) is 38.0 Å². The predicted molar refractivity (Wildman–Crippen MR) is 118 cm³/mol. The lowest BCUT2D eigenvalue weighted by Crippen LogP contribution is -2.17. The summed E-state index contributed by atoms with van der Waals surface area (Å²) >= 11 is 0. The molecule has 162 valence electrons. The highest BCUT2D eigenvalue weighted by Gasteiger charge is 2.18. The molecule has 2 N–H and O–H groups in total. The minimum Gasteiger partial charge on any atom is -0.465 e. The fraction of sp³-hybridized carbons (Fsp3) is 0.0833. The summed E-state index contributed by atoms with van der Waals surface area (Å²) in [7, 11) is 2.44. The lowest BCUT2D eigenvalue weighted by atomic mass is 10.1. The Morgan fingerprint density at radius 2 is 1.19 bits per heavy atom. The Kier molecular flexibility index (Phi) is 6.97. The van der Waals surface area contributed by atoms with Crippen LogP contribution in [0.4, 0.5) is 11.4 Å². The van der Waals surface area contributed by atoms with E-state index in [2.05, 4.69) is 15.4 Å². The molecule has 8 nitrogen and oxygen atoms in total. The fourth-order valence-corrected chi connectivity index (χ4v) is 2.87. The number of rotatable bonds is 6. The molecular weight excluding hydrogens is 412 g/mol. The summed E-state index contributed by atoms with van der Waals surface area (Å²) in [6.07, 6.45) is 0. The van der Waals surface area contributed by atoms with Crippen molar-refractivity contribution in [2.75, 3.05) is 24.9 Å². The fourth-order valence-electron chi connectivity index (χ4n) is 2.87. The molecule has 0 aliphatic rings. The number of carbonyl (C=O) groups is 4. The topological polar surface area (TPSA) is 111 Å². The first kappa shape index (κ1) is 22.2. The molecule has 0 aliphatic carbocycles. The smallest absolute Gasteiger partial charge is 0.339 e. The molecule has 8 heteroatoms. The van der Waals surface area contributed by atoms with E-state index in [1.54, 1.807) is 36.4 Å². The first-order chi connectivity index (χ1) is 15.4. The van der Waals surface area contributed by atoms with Gasteiger partial charge in [-0.25, -0.2) is 9.59 Å². The number of carbonyl (C=O) groups excluding carboxylic acids is 4. The number of anilines is 2. The number of hydrogen-bond acceptors (Lipinski definition) is 6. The van der Waals surface area contributed by atoms with Crippen LogP contribution in [-0.2, 0) is 9.47 Å². The number of nitrogens with one attached hydrogen (secondary N) is 2. The SMILES string of the molecule is COC(=O)c1ccc(C(=O)OC)c(NC(=O)c2ccc(NC(=O)c3ccccc3)cc2)c1. The molecule has 32 heavy (non-hydrogen) atoms. The van der Waals surface area contributed by atoms with Gasteiger partial charge in [0, 0.05) is 16.8 Å². The second-order valence-electron chi connectivity index (χ2n) is 6.60. The zero-order valence-corrected chi connectivity index (χ0v) is 17.4. The van der Waals surface area contributed by atoms with Gasteiger partial charge in [0.05, 0.1) is 31.0 Å². The Balaban J connectivity index is 1.77. The molecule has 3 rings (SSSR count). The van der Waals surface area contributed by atoms with Crippen LogP contribution in [0.1, 0.15) is 41.4 Å². The number of hydrogen-bond donors (Lipinski definition) is 2. The van der Waals surface area contributed by atoms with Gasteiger partial charge in [-0.2, -0.15) is 0 Å². The zero-order chi connectivity index (χ0) is 23.1. The van der Waals surface area contributed by atoms with Crippen LogP contribution < -0.4 is 10.6 Å². The Labute approximate surface area is 184 Å². The van der Waals surface area contributed by atoms with Crippen molar-refractivity contribution in [1.82, 2.24) is 0 Å². The summed E-state index contributed by atoms with van der Waals surface area (Å²) in [4.78, 5) is 48.8. The van der Waals surface area contributed by atoms with Gasteiger partial charge in [0.2, 0.25) is 0 Å². The number of ether oxygens (including phenoxy) is 2. The second-order valence-corrected chi connectivity index (χ2v) is 6.60. The monoisotopic (exact) mass is 432 g/mol. The van der Waals surface area contributed by atoms with Crippen LogP contribution >= 0.6 is 0 Å². The minimum absolute atomic E-state index is 0.0836. The van der Waals surface area contributed by atoms with Crippen molar-refractivity contribution in [3.8, 4) is 0 Å². The molecule has 0 aliphatic heterocycles. The van der Waals surface area contributed by atoms with E-state index in [-0.39, 0.29) is 28.3 Å². The number of amides is 2. The van der Waals surface area contributed by atoms with E-state index in [9.17, 15) is 19.2 Å². The molecule has 3 aromatic rings. The Bertz CT molecular complexity index is 1160. The van der Waals surface area contributed by atoms with Crippen LogP contribution in [0.2, 0.25) is 0 Å². The largest absolute Gasteiger partial charge is 0.465 e. The van der Waals surface area contributed by atoms with Gasteiger partial charge in [0.25, 0.3) is 11.8 Å². The summed E-state index contributed by atoms with van der Waals surface area (Å²) in [5, 5.41) is 5.36. The van der Waals surface area contributed by atoms with Gasteiger partial charge in [0.15, 0.2) is 0 Å². The molecular formula is C24H20N2O6. The van der Waals surface area contributed by atoms with Gasteiger partial charge >= 0.3 is 11.9 Å². The van der Waals surface area contributed by atoms with E-state index in [0.29, 0.717) is 11.3 Å². The van der Waals surface area contributed by atoms with Crippen molar-refractivity contribution >= 4 is 35.1 Å². The van der Waals surface area contributed by atoms with Gasteiger partial charge < -0.3 is 20.1 Å². The average Bonchev–Trinajstić information content (AvgIpc) is 2.83. The van der Waals surface area contributed by atoms with Gasteiger partial charge in [0.1, 0.15) is 0 Å². The van der Waals surface area contributed by atoms with Crippen molar-refractivity contribution in [2.45, 2.75) is 0 Å². The molecule has 0 bridgehead atoms. The first-order valence-corrected chi connectivity index (χ1v) is 9.51.